The lowest BCUT2D eigenvalue weighted by Crippen LogP contribution is -2.34. The minimum atomic E-state index is -1.06. The van der Waals surface area contributed by atoms with Crippen molar-refractivity contribution >= 4 is 5.97 Å². The number of ether oxygens (including phenoxy) is 2. The molecule has 32 heavy (non-hydrogen) atoms. The van der Waals surface area contributed by atoms with E-state index in [0.29, 0.717) is 5.56 Å². The molecule has 0 radical (unpaired) electrons. The number of rotatable bonds is 3. The zero-order valence-electron chi connectivity index (χ0n) is 16.3. The van der Waals surface area contributed by atoms with Crippen LogP contribution in [-0.4, -0.2) is 47.8 Å². The molecule has 0 bridgehead atoms. The molecule has 7 N–H and O–H groups in total. The molecule has 0 amide bonds. The highest BCUT2D eigenvalue weighted by molar-refractivity contribution is 5.91. The van der Waals surface area contributed by atoms with Gasteiger partial charge in [0.1, 0.15) is 17.6 Å². The number of esters is 1. The molecular formula is C22H18O10. The van der Waals surface area contributed by atoms with E-state index in [4.69, 9.17) is 9.47 Å². The minimum Gasteiger partial charge on any atom is -0.508 e. The largest absolute Gasteiger partial charge is 0.508 e. The Morgan fingerprint density at radius 3 is 1.97 bits per heavy atom. The van der Waals surface area contributed by atoms with Gasteiger partial charge in [0.2, 0.25) is 0 Å². The van der Waals surface area contributed by atoms with Crippen LogP contribution in [0.25, 0.3) is 0 Å². The summed E-state index contributed by atoms with van der Waals surface area (Å²) in [4.78, 5) is 12.7. The molecule has 0 aliphatic carbocycles. The number of fused-ring (bicyclic) bond motifs is 1. The minimum absolute atomic E-state index is 0.0654. The summed E-state index contributed by atoms with van der Waals surface area (Å²) < 4.78 is 11.4. The average molecular weight is 442 g/mol. The van der Waals surface area contributed by atoms with Crippen LogP contribution < -0.4 is 4.74 Å². The van der Waals surface area contributed by atoms with Crippen molar-refractivity contribution in [3.05, 3.63) is 59.2 Å². The quantitative estimate of drug-likeness (QED) is 0.235. The first kappa shape index (κ1) is 20.8. The molecule has 0 fully saturated rings. The fourth-order valence-electron chi connectivity index (χ4n) is 3.46. The third-order valence-electron chi connectivity index (χ3n) is 5.05. The van der Waals surface area contributed by atoms with Gasteiger partial charge in [-0.05, 0) is 35.9 Å². The van der Waals surface area contributed by atoms with Gasteiger partial charge in [-0.25, -0.2) is 4.79 Å². The maximum atomic E-state index is 12.7. The van der Waals surface area contributed by atoms with Gasteiger partial charge in [-0.2, -0.15) is 0 Å². The van der Waals surface area contributed by atoms with Gasteiger partial charge in [-0.1, -0.05) is 6.07 Å². The fourth-order valence-corrected chi connectivity index (χ4v) is 3.46. The molecule has 4 rings (SSSR count). The maximum Gasteiger partial charge on any atom is 0.338 e. The highest BCUT2D eigenvalue weighted by Gasteiger charge is 2.36. The first-order chi connectivity index (χ1) is 15.1. The number of carbonyl (C=O) groups is 1. The lowest BCUT2D eigenvalue weighted by molar-refractivity contribution is -0.0184. The smallest absolute Gasteiger partial charge is 0.338 e. The summed E-state index contributed by atoms with van der Waals surface area (Å²) in [5.74, 6) is -4.93. The lowest BCUT2D eigenvalue weighted by Gasteiger charge is -2.33. The molecule has 0 saturated carbocycles. The molecule has 10 heteroatoms. The fraction of sp³-hybridized carbons (Fsp3) is 0.136. The Hall–Kier alpha value is -4.47. The average Bonchev–Trinajstić information content (AvgIpc) is 2.74. The van der Waals surface area contributed by atoms with Crippen molar-refractivity contribution in [3.63, 3.8) is 0 Å². The van der Waals surface area contributed by atoms with E-state index < -0.39 is 52.7 Å². The van der Waals surface area contributed by atoms with Gasteiger partial charge in [-0.3, -0.25) is 0 Å². The predicted octanol–water partition coefficient (Wildman–Crippen LogP) is 2.53. The molecule has 3 aromatic rings. The highest BCUT2D eigenvalue weighted by atomic mass is 16.6. The van der Waals surface area contributed by atoms with Crippen LogP contribution in [0, 0.1) is 0 Å². The van der Waals surface area contributed by atoms with E-state index in [1.54, 1.807) is 6.07 Å². The second-order valence-corrected chi connectivity index (χ2v) is 7.25. The Kier molecular flexibility index (Phi) is 4.97. The van der Waals surface area contributed by atoms with E-state index in [1.165, 1.54) is 12.1 Å². The van der Waals surface area contributed by atoms with Gasteiger partial charge in [0.25, 0.3) is 0 Å². The standard InChI is InChI=1S/C22H18O10/c23-12-2-1-9-7-18(32-22(30)11-5-15(26)20(29)16(27)6-11)21(31-17(9)8-12)10-3-13(24)19(28)14(25)4-10/h1-6,8,18,21,23-29H,7H2/t18-,21+/m0/s1. The Morgan fingerprint density at radius 2 is 1.38 bits per heavy atom. The molecular weight excluding hydrogens is 424 g/mol. The SMILES string of the molecule is O=C(O[C@H]1Cc2ccc(O)cc2O[C@@H]1c1cc(O)c(O)c(O)c1)c1cc(O)c(O)c(O)c1. The van der Waals surface area contributed by atoms with Gasteiger partial charge < -0.3 is 45.2 Å². The normalized spacial score (nSPS) is 17.2. The van der Waals surface area contributed by atoms with Crippen LogP contribution >= 0.6 is 0 Å². The maximum absolute atomic E-state index is 12.7. The van der Waals surface area contributed by atoms with Gasteiger partial charge in [0, 0.05) is 18.1 Å². The molecule has 10 nitrogen and oxygen atoms in total. The molecule has 3 aromatic carbocycles. The van der Waals surface area contributed by atoms with Crippen LogP contribution in [0.1, 0.15) is 27.6 Å². The molecule has 1 aliphatic rings. The Morgan fingerprint density at radius 1 is 0.812 bits per heavy atom. The molecule has 166 valence electrons. The highest BCUT2D eigenvalue weighted by Crippen LogP contribution is 2.43. The zero-order valence-corrected chi connectivity index (χ0v) is 16.3. The summed E-state index contributed by atoms with van der Waals surface area (Å²) in [5.41, 5.74) is 0.519. The number of phenolic OH excluding ortho intramolecular Hbond substituents is 7. The molecule has 0 unspecified atom stereocenters. The monoisotopic (exact) mass is 442 g/mol. The second-order valence-electron chi connectivity index (χ2n) is 7.25. The number of phenols is 7. The van der Waals surface area contributed by atoms with Crippen molar-refractivity contribution in [2.45, 2.75) is 18.6 Å². The number of carbonyl (C=O) groups excluding carboxylic acids is 1. The third-order valence-corrected chi connectivity index (χ3v) is 5.05. The van der Waals surface area contributed by atoms with Crippen LogP contribution in [0.3, 0.4) is 0 Å². The van der Waals surface area contributed by atoms with Crippen molar-refractivity contribution in [1.29, 1.82) is 0 Å². The van der Waals surface area contributed by atoms with E-state index >= 15 is 0 Å². The van der Waals surface area contributed by atoms with Crippen molar-refractivity contribution in [3.8, 4) is 46.0 Å². The summed E-state index contributed by atoms with van der Waals surface area (Å²) in [6.45, 7) is 0. The van der Waals surface area contributed by atoms with E-state index in [-0.39, 0.29) is 29.0 Å². The summed E-state index contributed by atoms with van der Waals surface area (Å²) in [5, 5.41) is 68.0. The number of aromatic hydroxyl groups is 7. The summed E-state index contributed by atoms with van der Waals surface area (Å²) in [6.07, 6.45) is -1.96. The molecule has 1 heterocycles. The number of benzene rings is 3. The van der Waals surface area contributed by atoms with Crippen LogP contribution in [0.5, 0.6) is 46.0 Å². The van der Waals surface area contributed by atoms with Gasteiger partial charge in [0.15, 0.2) is 40.6 Å². The molecule has 0 aromatic heterocycles. The van der Waals surface area contributed by atoms with E-state index in [2.05, 4.69) is 0 Å². The van der Waals surface area contributed by atoms with Gasteiger partial charge in [0.05, 0.1) is 5.56 Å². The molecule has 1 aliphatic heterocycles. The second kappa shape index (κ2) is 7.65. The van der Waals surface area contributed by atoms with Crippen LogP contribution in [0.2, 0.25) is 0 Å². The third kappa shape index (κ3) is 3.69. The van der Waals surface area contributed by atoms with E-state index in [1.807, 2.05) is 0 Å². The van der Waals surface area contributed by atoms with Gasteiger partial charge in [-0.15, -0.1) is 0 Å². The topological polar surface area (TPSA) is 177 Å². The van der Waals surface area contributed by atoms with Crippen molar-refractivity contribution in [2.75, 3.05) is 0 Å². The van der Waals surface area contributed by atoms with Gasteiger partial charge >= 0.3 is 5.97 Å². The Labute approximate surface area is 180 Å². The first-order valence-electron chi connectivity index (χ1n) is 9.33. The van der Waals surface area contributed by atoms with Crippen LogP contribution in [0.4, 0.5) is 0 Å². The molecule has 2 atom stereocenters. The van der Waals surface area contributed by atoms with Crippen LogP contribution in [-0.2, 0) is 11.2 Å². The van der Waals surface area contributed by atoms with E-state index in [9.17, 15) is 40.5 Å². The Balaban J connectivity index is 1.72. The number of hydrogen-bond acceptors (Lipinski definition) is 10. The summed E-state index contributed by atoms with van der Waals surface area (Å²) >= 11 is 0. The predicted molar refractivity (Wildman–Crippen MR) is 107 cm³/mol. The molecule has 0 spiro atoms. The molecule has 0 saturated heterocycles. The summed E-state index contributed by atoms with van der Waals surface area (Å²) in [7, 11) is 0. The van der Waals surface area contributed by atoms with Crippen LogP contribution in [0.15, 0.2) is 42.5 Å². The lowest BCUT2D eigenvalue weighted by atomic mass is 9.94. The van der Waals surface area contributed by atoms with Crippen molar-refractivity contribution in [2.24, 2.45) is 0 Å². The van der Waals surface area contributed by atoms with Crippen molar-refractivity contribution < 1.29 is 50.0 Å². The first-order valence-corrected chi connectivity index (χ1v) is 9.33. The van der Waals surface area contributed by atoms with E-state index in [0.717, 1.165) is 24.3 Å². The van der Waals surface area contributed by atoms with Crippen molar-refractivity contribution in [1.82, 2.24) is 0 Å². The Bertz CT molecular complexity index is 1170. The summed E-state index contributed by atoms with van der Waals surface area (Å²) in [6, 6.07) is 8.46. The zero-order chi connectivity index (χ0) is 23.2. The number of hydrogen-bond donors (Lipinski definition) is 7.